The predicted molar refractivity (Wildman–Crippen MR) is 87.3 cm³/mol. The van der Waals surface area contributed by atoms with Crippen LogP contribution in [0.2, 0.25) is 10.0 Å². The average Bonchev–Trinajstić information content (AvgIpc) is 2.51. The molecule has 1 aromatic heterocycles. The second-order valence-corrected chi connectivity index (χ2v) is 5.30. The van der Waals surface area contributed by atoms with Gasteiger partial charge >= 0.3 is 0 Å². The van der Waals surface area contributed by atoms with E-state index in [0.29, 0.717) is 21.6 Å². The zero-order chi connectivity index (χ0) is 14.8. The van der Waals surface area contributed by atoms with E-state index >= 15 is 0 Å². The summed E-state index contributed by atoms with van der Waals surface area (Å²) in [4.78, 5) is 8.82. The molecule has 2 N–H and O–H groups in total. The Morgan fingerprint density at radius 1 is 0.857 bits per heavy atom. The van der Waals surface area contributed by atoms with Crippen LogP contribution in [0.3, 0.4) is 0 Å². The Morgan fingerprint density at radius 2 is 1.62 bits per heavy atom. The van der Waals surface area contributed by atoms with Crippen molar-refractivity contribution >= 4 is 29.0 Å². The fraction of sp³-hybridized carbons (Fsp3) is 0. The van der Waals surface area contributed by atoms with Gasteiger partial charge in [-0.2, -0.15) is 0 Å². The fourth-order valence-electron chi connectivity index (χ4n) is 2.00. The van der Waals surface area contributed by atoms with Crippen LogP contribution in [0.4, 0.5) is 5.82 Å². The SMILES string of the molecule is Nc1ncc(-c2ccccc2)nc1-c1ccc(Cl)c(Cl)c1. The van der Waals surface area contributed by atoms with E-state index in [0.717, 1.165) is 16.8 Å². The van der Waals surface area contributed by atoms with Crippen molar-refractivity contribution in [1.29, 1.82) is 0 Å². The van der Waals surface area contributed by atoms with Crippen LogP contribution in [-0.2, 0) is 0 Å². The summed E-state index contributed by atoms with van der Waals surface area (Å²) < 4.78 is 0. The number of nitrogens with two attached hydrogens (primary N) is 1. The molecule has 0 unspecified atom stereocenters. The molecule has 21 heavy (non-hydrogen) atoms. The smallest absolute Gasteiger partial charge is 0.150 e. The van der Waals surface area contributed by atoms with Crippen LogP contribution in [0.5, 0.6) is 0 Å². The summed E-state index contributed by atoms with van der Waals surface area (Å²) in [6, 6.07) is 15.1. The highest BCUT2D eigenvalue weighted by atomic mass is 35.5. The molecule has 0 bridgehead atoms. The van der Waals surface area contributed by atoms with Gasteiger partial charge in [0.05, 0.1) is 21.9 Å². The molecule has 0 fully saturated rings. The third kappa shape index (κ3) is 2.84. The van der Waals surface area contributed by atoms with Crippen LogP contribution in [0.25, 0.3) is 22.5 Å². The molecule has 3 nitrogen and oxygen atoms in total. The monoisotopic (exact) mass is 315 g/mol. The van der Waals surface area contributed by atoms with Gasteiger partial charge in [-0.25, -0.2) is 9.97 Å². The van der Waals surface area contributed by atoms with Gasteiger partial charge in [0.1, 0.15) is 11.5 Å². The van der Waals surface area contributed by atoms with Gasteiger partial charge in [-0.3, -0.25) is 0 Å². The van der Waals surface area contributed by atoms with Gasteiger partial charge < -0.3 is 5.73 Å². The molecule has 1 heterocycles. The summed E-state index contributed by atoms with van der Waals surface area (Å²) in [6.45, 7) is 0. The number of hydrogen-bond acceptors (Lipinski definition) is 3. The van der Waals surface area contributed by atoms with Crippen molar-refractivity contribution in [2.75, 3.05) is 5.73 Å². The lowest BCUT2D eigenvalue weighted by Gasteiger charge is -2.08. The quantitative estimate of drug-likeness (QED) is 0.745. The number of nitrogens with zero attached hydrogens (tertiary/aromatic N) is 2. The normalized spacial score (nSPS) is 10.6. The zero-order valence-electron chi connectivity index (χ0n) is 10.9. The third-order valence-electron chi connectivity index (χ3n) is 3.06. The molecule has 104 valence electrons. The summed E-state index contributed by atoms with van der Waals surface area (Å²) in [5.41, 5.74) is 9.05. The first-order chi connectivity index (χ1) is 10.1. The molecule has 0 saturated heterocycles. The summed E-state index contributed by atoms with van der Waals surface area (Å²) in [6.07, 6.45) is 1.66. The lowest BCUT2D eigenvalue weighted by atomic mass is 10.1. The number of aromatic nitrogens is 2. The number of rotatable bonds is 2. The van der Waals surface area contributed by atoms with Gasteiger partial charge in [0.25, 0.3) is 0 Å². The van der Waals surface area contributed by atoms with E-state index in [1.165, 1.54) is 0 Å². The van der Waals surface area contributed by atoms with Gasteiger partial charge in [0.2, 0.25) is 0 Å². The molecule has 0 aliphatic heterocycles. The molecule has 5 heteroatoms. The minimum absolute atomic E-state index is 0.355. The Hall–Kier alpha value is -2.10. The first-order valence-corrected chi connectivity index (χ1v) is 7.04. The Balaban J connectivity index is 2.12. The first-order valence-electron chi connectivity index (χ1n) is 6.28. The Morgan fingerprint density at radius 3 is 2.33 bits per heavy atom. The number of halogens is 2. The van der Waals surface area contributed by atoms with Crippen molar-refractivity contribution < 1.29 is 0 Å². The maximum absolute atomic E-state index is 6.05. The first kappa shape index (κ1) is 13.9. The van der Waals surface area contributed by atoms with Crippen LogP contribution >= 0.6 is 23.2 Å². The molecule has 0 saturated carbocycles. The topological polar surface area (TPSA) is 51.8 Å². The summed E-state index contributed by atoms with van der Waals surface area (Å²) in [5.74, 6) is 0.355. The highest BCUT2D eigenvalue weighted by Crippen LogP contribution is 2.30. The van der Waals surface area contributed by atoms with Crippen molar-refractivity contribution in [3.63, 3.8) is 0 Å². The average molecular weight is 316 g/mol. The van der Waals surface area contributed by atoms with E-state index in [2.05, 4.69) is 9.97 Å². The minimum atomic E-state index is 0.355. The van der Waals surface area contributed by atoms with Crippen molar-refractivity contribution in [3.8, 4) is 22.5 Å². The van der Waals surface area contributed by atoms with Gasteiger partial charge in [0, 0.05) is 11.1 Å². The third-order valence-corrected chi connectivity index (χ3v) is 3.80. The molecule has 0 aliphatic rings. The highest BCUT2D eigenvalue weighted by molar-refractivity contribution is 6.42. The molecule has 0 aliphatic carbocycles. The van der Waals surface area contributed by atoms with E-state index in [1.807, 2.05) is 36.4 Å². The molecular weight excluding hydrogens is 305 g/mol. The summed E-state index contributed by atoms with van der Waals surface area (Å²) >= 11 is 12.0. The minimum Gasteiger partial charge on any atom is -0.382 e. The predicted octanol–water partition coefficient (Wildman–Crippen LogP) is 4.70. The maximum Gasteiger partial charge on any atom is 0.150 e. The van der Waals surface area contributed by atoms with Crippen molar-refractivity contribution in [2.24, 2.45) is 0 Å². The number of hydrogen-bond donors (Lipinski definition) is 1. The zero-order valence-corrected chi connectivity index (χ0v) is 12.4. The molecular formula is C16H11Cl2N3. The van der Waals surface area contributed by atoms with Crippen LogP contribution in [0.15, 0.2) is 54.7 Å². The lowest BCUT2D eigenvalue weighted by Crippen LogP contribution is -1.98. The van der Waals surface area contributed by atoms with Gasteiger partial charge in [-0.15, -0.1) is 0 Å². The second kappa shape index (κ2) is 5.72. The standard InChI is InChI=1S/C16H11Cl2N3/c17-12-7-6-11(8-13(12)18)15-16(19)20-9-14(21-15)10-4-2-1-3-5-10/h1-9H,(H2,19,20). The van der Waals surface area contributed by atoms with Crippen LogP contribution < -0.4 is 5.73 Å². The molecule has 0 spiro atoms. The van der Waals surface area contributed by atoms with Crippen molar-refractivity contribution in [1.82, 2.24) is 9.97 Å². The summed E-state index contributed by atoms with van der Waals surface area (Å²) in [7, 11) is 0. The highest BCUT2D eigenvalue weighted by Gasteiger charge is 2.10. The van der Waals surface area contributed by atoms with Gasteiger partial charge in [0.15, 0.2) is 0 Å². The van der Waals surface area contributed by atoms with Crippen LogP contribution in [0.1, 0.15) is 0 Å². The fourth-order valence-corrected chi connectivity index (χ4v) is 2.30. The van der Waals surface area contributed by atoms with Gasteiger partial charge in [-0.05, 0) is 12.1 Å². The second-order valence-electron chi connectivity index (χ2n) is 4.48. The molecule has 0 radical (unpaired) electrons. The molecule has 2 aromatic carbocycles. The Bertz CT molecular complexity index is 789. The lowest BCUT2D eigenvalue weighted by molar-refractivity contribution is 1.22. The number of nitrogen functional groups attached to an aromatic ring is 1. The molecule has 3 rings (SSSR count). The van der Waals surface area contributed by atoms with E-state index < -0.39 is 0 Å². The van der Waals surface area contributed by atoms with Crippen molar-refractivity contribution in [3.05, 3.63) is 64.8 Å². The van der Waals surface area contributed by atoms with E-state index in [1.54, 1.807) is 18.3 Å². The Labute approximate surface area is 132 Å². The van der Waals surface area contributed by atoms with Crippen molar-refractivity contribution in [2.45, 2.75) is 0 Å². The van der Waals surface area contributed by atoms with E-state index in [4.69, 9.17) is 28.9 Å². The Kier molecular flexibility index (Phi) is 3.78. The largest absolute Gasteiger partial charge is 0.382 e. The summed E-state index contributed by atoms with van der Waals surface area (Å²) in [5, 5.41) is 0.951. The molecule has 0 amide bonds. The maximum atomic E-state index is 6.05. The van der Waals surface area contributed by atoms with Gasteiger partial charge in [-0.1, -0.05) is 59.6 Å². The number of anilines is 1. The molecule has 3 aromatic rings. The van der Waals surface area contributed by atoms with E-state index in [-0.39, 0.29) is 0 Å². The van der Waals surface area contributed by atoms with E-state index in [9.17, 15) is 0 Å². The van der Waals surface area contributed by atoms with Crippen LogP contribution in [0, 0.1) is 0 Å². The number of benzene rings is 2. The molecule has 0 atom stereocenters. The van der Waals surface area contributed by atoms with Crippen LogP contribution in [-0.4, -0.2) is 9.97 Å².